The Labute approximate surface area is 127 Å². The van der Waals surface area contributed by atoms with Crippen LogP contribution >= 0.6 is 23.4 Å². The molecule has 1 aromatic rings. The second-order valence-corrected chi connectivity index (χ2v) is 7.45. The van der Waals surface area contributed by atoms with Gasteiger partial charge in [0.25, 0.3) is 0 Å². The zero-order valence-corrected chi connectivity index (χ0v) is 13.6. The minimum atomic E-state index is -3.92. The molecule has 8 heteroatoms. The van der Waals surface area contributed by atoms with E-state index in [1.54, 1.807) is 19.9 Å². The van der Waals surface area contributed by atoms with E-state index in [9.17, 15) is 13.2 Å². The van der Waals surface area contributed by atoms with Gasteiger partial charge in [0, 0.05) is 4.90 Å². The van der Waals surface area contributed by atoms with Crippen molar-refractivity contribution in [1.82, 2.24) is 4.72 Å². The molecule has 0 saturated carbocycles. The van der Waals surface area contributed by atoms with Gasteiger partial charge in [-0.15, -0.1) is 11.8 Å². The highest BCUT2D eigenvalue weighted by molar-refractivity contribution is 7.98. The predicted octanol–water partition coefficient (Wildman–Crippen LogP) is 2.45. The van der Waals surface area contributed by atoms with Crippen LogP contribution in [0.5, 0.6) is 0 Å². The second-order valence-electron chi connectivity index (χ2n) is 4.48. The maximum absolute atomic E-state index is 12.2. The molecule has 0 aliphatic carbocycles. The molecule has 0 fully saturated rings. The summed E-state index contributed by atoms with van der Waals surface area (Å²) in [6, 6.07) is 3.13. The molecule has 0 bridgehead atoms. The van der Waals surface area contributed by atoms with Crippen LogP contribution in [0.1, 0.15) is 13.8 Å². The second kappa shape index (κ2) is 6.80. The fraction of sp³-hybridized carbons (Fsp3) is 0.417. The maximum atomic E-state index is 12.2. The molecule has 1 rings (SSSR count). The van der Waals surface area contributed by atoms with Gasteiger partial charge in [-0.2, -0.15) is 4.72 Å². The van der Waals surface area contributed by atoms with E-state index in [0.717, 1.165) is 4.90 Å². The molecule has 0 heterocycles. The molecule has 0 aromatic heterocycles. The zero-order chi connectivity index (χ0) is 15.5. The summed E-state index contributed by atoms with van der Waals surface area (Å²) in [4.78, 5) is 11.8. The van der Waals surface area contributed by atoms with Crippen molar-refractivity contribution in [2.45, 2.75) is 29.7 Å². The lowest BCUT2D eigenvalue weighted by atomic mass is 10.1. The number of thioether (sulfide) groups is 1. The van der Waals surface area contributed by atoms with Crippen LogP contribution in [0.25, 0.3) is 0 Å². The van der Waals surface area contributed by atoms with Gasteiger partial charge < -0.3 is 5.11 Å². The molecule has 112 valence electrons. The smallest absolute Gasteiger partial charge is 0.322 e. The lowest BCUT2D eigenvalue weighted by Crippen LogP contribution is -2.44. The summed E-state index contributed by atoms with van der Waals surface area (Å²) >= 11 is 7.36. The van der Waals surface area contributed by atoms with Crippen LogP contribution in [0.15, 0.2) is 28.0 Å². The Hall–Kier alpha value is -0.760. The highest BCUT2D eigenvalue weighted by Crippen LogP contribution is 2.27. The highest BCUT2D eigenvalue weighted by Gasteiger charge is 2.28. The summed E-state index contributed by atoms with van der Waals surface area (Å²) in [6.45, 7) is 3.26. The van der Waals surface area contributed by atoms with Gasteiger partial charge in [0.2, 0.25) is 10.0 Å². The third-order valence-electron chi connectivity index (χ3n) is 2.65. The summed E-state index contributed by atoms with van der Waals surface area (Å²) in [5.41, 5.74) is 0. The lowest BCUT2D eigenvalue weighted by molar-refractivity contribution is -0.140. The van der Waals surface area contributed by atoms with Crippen LogP contribution in [0.4, 0.5) is 0 Å². The van der Waals surface area contributed by atoms with Crippen LogP contribution in [-0.4, -0.2) is 31.8 Å². The highest BCUT2D eigenvalue weighted by atomic mass is 35.5. The van der Waals surface area contributed by atoms with E-state index in [2.05, 4.69) is 4.72 Å². The van der Waals surface area contributed by atoms with Gasteiger partial charge >= 0.3 is 5.97 Å². The first-order valence-corrected chi connectivity index (χ1v) is 8.86. The first-order valence-electron chi connectivity index (χ1n) is 5.77. The molecule has 1 aromatic carbocycles. The summed E-state index contributed by atoms with van der Waals surface area (Å²) in [5.74, 6) is -1.58. The van der Waals surface area contributed by atoms with Crippen molar-refractivity contribution in [2.75, 3.05) is 6.26 Å². The Morgan fingerprint density at radius 1 is 1.40 bits per heavy atom. The standard InChI is InChI=1S/C12H16ClNO4S2/c1-7(2)11(12(15)16)14-20(17,18)8-4-5-10(19-3)9(13)6-8/h4-7,11,14H,1-3H3,(H,15,16)/t11-/m0/s1. The number of carboxylic acids is 1. The number of hydrogen-bond donors (Lipinski definition) is 2. The topological polar surface area (TPSA) is 83.5 Å². The van der Waals surface area contributed by atoms with Gasteiger partial charge in [0.1, 0.15) is 6.04 Å². The Balaban J connectivity index is 3.11. The van der Waals surface area contributed by atoms with E-state index < -0.39 is 22.0 Å². The number of hydrogen-bond acceptors (Lipinski definition) is 4. The molecule has 0 aliphatic heterocycles. The molecule has 0 saturated heterocycles. The fourth-order valence-corrected chi connectivity index (χ4v) is 3.82. The quantitative estimate of drug-likeness (QED) is 0.779. The molecule has 0 aliphatic rings. The first-order chi connectivity index (χ1) is 9.19. The van der Waals surface area contributed by atoms with Crippen LogP contribution < -0.4 is 4.72 Å². The van der Waals surface area contributed by atoms with Crippen molar-refractivity contribution in [3.8, 4) is 0 Å². The van der Waals surface area contributed by atoms with Crippen LogP contribution in [0.2, 0.25) is 5.02 Å². The number of halogens is 1. The number of aliphatic carboxylic acids is 1. The van der Waals surface area contributed by atoms with Gasteiger partial charge in [-0.25, -0.2) is 8.42 Å². The Morgan fingerprint density at radius 2 is 2.00 bits per heavy atom. The Bertz CT molecular complexity index is 601. The van der Waals surface area contributed by atoms with Crippen molar-refractivity contribution in [1.29, 1.82) is 0 Å². The van der Waals surface area contributed by atoms with Crippen molar-refractivity contribution < 1.29 is 18.3 Å². The Kier molecular flexibility index (Phi) is 5.88. The Morgan fingerprint density at radius 3 is 2.40 bits per heavy atom. The molecule has 20 heavy (non-hydrogen) atoms. The molecule has 0 amide bonds. The molecule has 0 spiro atoms. The van der Waals surface area contributed by atoms with E-state index in [1.165, 1.54) is 23.9 Å². The van der Waals surface area contributed by atoms with Gasteiger partial charge in [0.05, 0.1) is 9.92 Å². The van der Waals surface area contributed by atoms with E-state index >= 15 is 0 Å². The van der Waals surface area contributed by atoms with Crippen molar-refractivity contribution in [2.24, 2.45) is 5.92 Å². The number of nitrogens with one attached hydrogen (secondary N) is 1. The summed E-state index contributed by atoms with van der Waals surface area (Å²) in [7, 11) is -3.92. The van der Waals surface area contributed by atoms with Gasteiger partial charge in [-0.05, 0) is 30.4 Å². The third-order valence-corrected chi connectivity index (χ3v) is 5.31. The fourth-order valence-electron chi connectivity index (χ4n) is 1.52. The monoisotopic (exact) mass is 337 g/mol. The lowest BCUT2D eigenvalue weighted by Gasteiger charge is -2.18. The average Bonchev–Trinajstić information content (AvgIpc) is 2.35. The van der Waals surface area contributed by atoms with Crippen LogP contribution in [0, 0.1) is 5.92 Å². The minimum Gasteiger partial charge on any atom is -0.480 e. The predicted molar refractivity (Wildman–Crippen MR) is 79.8 cm³/mol. The average molecular weight is 338 g/mol. The number of rotatable bonds is 6. The van der Waals surface area contributed by atoms with Gasteiger partial charge in [-0.1, -0.05) is 25.4 Å². The van der Waals surface area contributed by atoms with Crippen molar-refractivity contribution >= 4 is 39.4 Å². The third kappa shape index (κ3) is 4.12. The molecular formula is C12H16ClNO4S2. The molecule has 1 atom stereocenters. The minimum absolute atomic E-state index is 0.0489. The van der Waals surface area contributed by atoms with Crippen molar-refractivity contribution in [3.05, 3.63) is 23.2 Å². The summed E-state index contributed by atoms with van der Waals surface area (Å²) < 4.78 is 26.5. The zero-order valence-electron chi connectivity index (χ0n) is 11.3. The molecule has 0 radical (unpaired) electrons. The first kappa shape index (κ1) is 17.3. The van der Waals surface area contributed by atoms with Crippen LogP contribution in [0.3, 0.4) is 0 Å². The number of benzene rings is 1. The van der Waals surface area contributed by atoms with E-state index in [1.807, 2.05) is 6.26 Å². The largest absolute Gasteiger partial charge is 0.480 e. The molecule has 5 nitrogen and oxygen atoms in total. The number of carbonyl (C=O) groups is 1. The van der Waals surface area contributed by atoms with Gasteiger partial charge in [-0.3, -0.25) is 4.79 Å². The SMILES string of the molecule is CSc1ccc(S(=O)(=O)N[C@H](C(=O)O)C(C)C)cc1Cl. The van der Waals surface area contributed by atoms with E-state index in [0.29, 0.717) is 5.02 Å². The summed E-state index contributed by atoms with van der Waals surface area (Å²) in [6.07, 6.45) is 1.83. The molecular weight excluding hydrogens is 322 g/mol. The number of sulfonamides is 1. The maximum Gasteiger partial charge on any atom is 0.322 e. The van der Waals surface area contributed by atoms with E-state index in [4.69, 9.17) is 16.7 Å². The normalized spacial score (nSPS) is 13.4. The van der Waals surface area contributed by atoms with Crippen LogP contribution in [-0.2, 0) is 14.8 Å². The van der Waals surface area contributed by atoms with E-state index in [-0.39, 0.29) is 10.8 Å². The molecule has 2 N–H and O–H groups in total. The summed E-state index contributed by atoms with van der Waals surface area (Å²) in [5, 5.41) is 9.35. The number of carboxylic acid groups (broad SMARTS) is 1. The molecule has 0 unspecified atom stereocenters. The van der Waals surface area contributed by atoms with Crippen molar-refractivity contribution in [3.63, 3.8) is 0 Å². The van der Waals surface area contributed by atoms with Gasteiger partial charge in [0.15, 0.2) is 0 Å².